The predicted octanol–water partition coefficient (Wildman–Crippen LogP) is 1.37. The number of aliphatic hydroxyl groups is 1. The zero-order valence-electron chi connectivity index (χ0n) is 17.6. The van der Waals surface area contributed by atoms with Gasteiger partial charge in [0.2, 0.25) is 5.91 Å². The zero-order valence-corrected chi connectivity index (χ0v) is 17.6. The van der Waals surface area contributed by atoms with Crippen LogP contribution >= 0.6 is 0 Å². The summed E-state index contributed by atoms with van der Waals surface area (Å²) in [5.41, 5.74) is 1.88. The van der Waals surface area contributed by atoms with Gasteiger partial charge in [-0.25, -0.2) is 4.79 Å². The number of aryl methyl sites for hydroxylation is 2. The third kappa shape index (κ3) is 4.41. The molecule has 0 spiro atoms. The summed E-state index contributed by atoms with van der Waals surface area (Å²) < 4.78 is 0. The number of carbonyl (C=O) groups excluding carboxylic acids is 1. The van der Waals surface area contributed by atoms with Crippen LogP contribution in [0.1, 0.15) is 35.4 Å². The molecule has 2 N–H and O–H groups in total. The van der Waals surface area contributed by atoms with Crippen LogP contribution in [0.3, 0.4) is 0 Å². The van der Waals surface area contributed by atoms with Gasteiger partial charge in [0.1, 0.15) is 5.60 Å². The van der Waals surface area contributed by atoms with E-state index in [-0.39, 0.29) is 17.6 Å². The largest absolute Gasteiger partial charge is 0.383 e. The quantitative estimate of drug-likeness (QED) is 0.794. The molecule has 1 saturated heterocycles. The van der Waals surface area contributed by atoms with E-state index in [1.807, 2.05) is 61.2 Å². The molecule has 1 aliphatic rings. The van der Waals surface area contributed by atoms with Crippen LogP contribution in [0.15, 0.2) is 35.1 Å². The first kappa shape index (κ1) is 21.2. The Bertz CT molecular complexity index is 899. The van der Waals surface area contributed by atoms with E-state index in [1.165, 1.54) is 0 Å². The van der Waals surface area contributed by atoms with Crippen molar-refractivity contribution in [2.45, 2.75) is 44.8 Å². The molecule has 1 fully saturated rings. The molecule has 2 aromatic rings. The number of rotatable bonds is 5. The number of H-pyrrole nitrogens is 1. The molecule has 1 aromatic carbocycles. The van der Waals surface area contributed by atoms with Crippen LogP contribution in [0.5, 0.6) is 0 Å². The van der Waals surface area contributed by atoms with Gasteiger partial charge in [-0.05, 0) is 51.9 Å². The Hall–Kier alpha value is -2.51. The Morgan fingerprint density at radius 1 is 1.31 bits per heavy atom. The summed E-state index contributed by atoms with van der Waals surface area (Å²) in [6.07, 6.45) is 1.37. The standard InChI is InChI=1S/C22H30N4O3/c1-15-18(16(2)24-21(28)23-15)10-11-20(27)26-13-12-22(29,19(14-26)25(3)4)17-8-6-5-7-9-17/h5-9,19,29H,10-14H2,1-4H3,(H,23,24,28)/t19-,22+/m1/s1. The van der Waals surface area contributed by atoms with E-state index in [4.69, 9.17) is 0 Å². The number of nitrogens with one attached hydrogen (secondary N) is 1. The molecule has 156 valence electrons. The Morgan fingerprint density at radius 3 is 2.62 bits per heavy atom. The van der Waals surface area contributed by atoms with Crippen molar-refractivity contribution in [2.24, 2.45) is 0 Å². The lowest BCUT2D eigenvalue weighted by Crippen LogP contribution is -2.60. The van der Waals surface area contributed by atoms with Crippen LogP contribution in [-0.2, 0) is 16.8 Å². The van der Waals surface area contributed by atoms with Crippen molar-refractivity contribution < 1.29 is 9.90 Å². The Balaban J connectivity index is 1.71. The number of hydrogen-bond acceptors (Lipinski definition) is 5. The van der Waals surface area contributed by atoms with E-state index < -0.39 is 5.60 Å². The van der Waals surface area contributed by atoms with Gasteiger partial charge < -0.3 is 19.9 Å². The van der Waals surface area contributed by atoms with E-state index in [2.05, 4.69) is 9.97 Å². The molecule has 7 heteroatoms. The molecule has 29 heavy (non-hydrogen) atoms. The number of piperidine rings is 1. The normalized spacial score (nSPS) is 22.1. The molecular weight excluding hydrogens is 368 g/mol. The second kappa shape index (κ2) is 8.47. The summed E-state index contributed by atoms with van der Waals surface area (Å²) in [6, 6.07) is 9.50. The second-order valence-electron chi connectivity index (χ2n) is 8.09. The van der Waals surface area contributed by atoms with Crippen molar-refractivity contribution in [3.8, 4) is 0 Å². The number of aromatic nitrogens is 2. The van der Waals surface area contributed by atoms with Crippen molar-refractivity contribution >= 4 is 5.91 Å². The first-order valence-electron chi connectivity index (χ1n) is 10.0. The van der Waals surface area contributed by atoms with E-state index in [9.17, 15) is 14.7 Å². The van der Waals surface area contributed by atoms with Gasteiger partial charge in [-0.3, -0.25) is 4.79 Å². The summed E-state index contributed by atoms with van der Waals surface area (Å²) in [5, 5.41) is 11.5. The van der Waals surface area contributed by atoms with Gasteiger partial charge in [0.15, 0.2) is 0 Å². The lowest BCUT2D eigenvalue weighted by Gasteiger charge is -2.47. The summed E-state index contributed by atoms with van der Waals surface area (Å²) >= 11 is 0. The van der Waals surface area contributed by atoms with E-state index in [0.717, 1.165) is 16.8 Å². The first-order chi connectivity index (χ1) is 13.7. The van der Waals surface area contributed by atoms with Crippen molar-refractivity contribution in [3.63, 3.8) is 0 Å². The molecular formula is C22H30N4O3. The van der Waals surface area contributed by atoms with E-state index >= 15 is 0 Å². The van der Waals surface area contributed by atoms with Crippen LogP contribution in [0.25, 0.3) is 0 Å². The van der Waals surface area contributed by atoms with Crippen molar-refractivity contribution in [1.29, 1.82) is 0 Å². The molecule has 0 radical (unpaired) electrons. The van der Waals surface area contributed by atoms with Gasteiger partial charge in [0.05, 0.1) is 6.04 Å². The fraction of sp³-hybridized carbons (Fsp3) is 0.500. The number of aromatic amines is 1. The van der Waals surface area contributed by atoms with Crippen molar-refractivity contribution in [1.82, 2.24) is 19.8 Å². The minimum atomic E-state index is -0.989. The zero-order chi connectivity index (χ0) is 21.2. The molecule has 0 aliphatic carbocycles. The fourth-order valence-corrected chi connectivity index (χ4v) is 4.32. The highest BCUT2D eigenvalue weighted by Gasteiger charge is 2.44. The number of hydrogen-bond donors (Lipinski definition) is 2. The molecule has 2 atom stereocenters. The highest BCUT2D eigenvalue weighted by molar-refractivity contribution is 5.76. The van der Waals surface area contributed by atoms with E-state index in [0.29, 0.717) is 38.0 Å². The van der Waals surface area contributed by atoms with Crippen LogP contribution < -0.4 is 5.69 Å². The molecule has 1 aliphatic heterocycles. The number of likely N-dealkylation sites (N-methyl/N-ethyl adjacent to an activating group) is 1. The topological polar surface area (TPSA) is 89.5 Å². The van der Waals surface area contributed by atoms with Gasteiger partial charge in [-0.1, -0.05) is 30.3 Å². The average molecular weight is 399 g/mol. The Kier molecular flexibility index (Phi) is 6.19. The van der Waals surface area contributed by atoms with E-state index in [1.54, 1.807) is 6.92 Å². The van der Waals surface area contributed by atoms with Crippen LogP contribution in [-0.4, -0.2) is 64.0 Å². The Labute approximate surface area is 171 Å². The number of nitrogens with zero attached hydrogens (tertiary/aromatic N) is 3. The summed E-state index contributed by atoms with van der Waals surface area (Å²) in [7, 11) is 3.87. The predicted molar refractivity (Wildman–Crippen MR) is 112 cm³/mol. The monoisotopic (exact) mass is 398 g/mol. The van der Waals surface area contributed by atoms with Crippen LogP contribution in [0, 0.1) is 13.8 Å². The van der Waals surface area contributed by atoms with Gasteiger partial charge in [0, 0.05) is 30.9 Å². The number of benzene rings is 1. The lowest BCUT2D eigenvalue weighted by atomic mass is 9.79. The maximum Gasteiger partial charge on any atom is 0.345 e. The summed E-state index contributed by atoms with van der Waals surface area (Å²) in [4.78, 5) is 34.8. The van der Waals surface area contributed by atoms with Gasteiger partial charge in [-0.2, -0.15) is 4.98 Å². The third-order valence-corrected chi connectivity index (χ3v) is 6.00. The SMILES string of the molecule is Cc1nc(=O)[nH]c(C)c1CCC(=O)N1CC[C@](O)(c2ccccc2)[C@H](N(C)C)C1. The number of likely N-dealkylation sites (tertiary alicyclic amines) is 1. The minimum Gasteiger partial charge on any atom is -0.383 e. The van der Waals surface area contributed by atoms with Crippen LogP contribution in [0.2, 0.25) is 0 Å². The number of amides is 1. The maximum absolute atomic E-state index is 12.9. The molecule has 2 heterocycles. The summed E-state index contributed by atoms with van der Waals surface area (Å²) in [5.74, 6) is 0.0527. The smallest absolute Gasteiger partial charge is 0.345 e. The molecule has 7 nitrogen and oxygen atoms in total. The number of carbonyl (C=O) groups is 1. The highest BCUT2D eigenvalue weighted by Crippen LogP contribution is 2.35. The minimum absolute atomic E-state index is 0.0527. The Morgan fingerprint density at radius 2 is 2.00 bits per heavy atom. The lowest BCUT2D eigenvalue weighted by molar-refractivity contribution is -0.141. The van der Waals surface area contributed by atoms with Crippen LogP contribution in [0.4, 0.5) is 0 Å². The average Bonchev–Trinajstić information content (AvgIpc) is 2.67. The van der Waals surface area contributed by atoms with Crippen molar-refractivity contribution in [2.75, 3.05) is 27.2 Å². The second-order valence-corrected chi connectivity index (χ2v) is 8.09. The molecule has 1 amide bonds. The van der Waals surface area contributed by atoms with Gasteiger partial charge in [-0.15, -0.1) is 0 Å². The molecule has 1 aromatic heterocycles. The molecule has 3 rings (SSSR count). The van der Waals surface area contributed by atoms with Gasteiger partial charge in [0.25, 0.3) is 0 Å². The summed E-state index contributed by atoms with van der Waals surface area (Å²) in [6.45, 7) is 4.61. The van der Waals surface area contributed by atoms with Crippen molar-refractivity contribution in [3.05, 3.63) is 63.3 Å². The molecule has 0 unspecified atom stereocenters. The first-order valence-corrected chi connectivity index (χ1v) is 10.0. The molecule has 0 saturated carbocycles. The third-order valence-electron chi connectivity index (χ3n) is 6.00. The molecule has 0 bridgehead atoms. The van der Waals surface area contributed by atoms with Gasteiger partial charge >= 0.3 is 5.69 Å². The maximum atomic E-state index is 12.9. The highest BCUT2D eigenvalue weighted by atomic mass is 16.3. The fourth-order valence-electron chi connectivity index (χ4n) is 4.32.